The number of nitrogens with two attached hydrogens (primary N) is 1. The molecule has 7 N–H and O–H groups in total. The third-order valence-electron chi connectivity index (χ3n) is 6.67. The molecule has 5 atom stereocenters. The number of phenols is 1. The van der Waals surface area contributed by atoms with E-state index in [1.807, 2.05) is 0 Å². The first-order chi connectivity index (χ1) is 15.3. The van der Waals surface area contributed by atoms with Crippen molar-refractivity contribution in [3.8, 4) is 5.75 Å². The van der Waals surface area contributed by atoms with E-state index in [1.54, 1.807) is 0 Å². The topological polar surface area (TPSA) is 182 Å². The molecular weight excluding hydrogens is 456 g/mol. The maximum atomic E-state index is 13.7. The first-order valence-corrected chi connectivity index (χ1v) is 10.2. The number of nitrogens with zero attached hydrogens (tertiary/aromatic N) is 1. The van der Waals surface area contributed by atoms with Crippen LogP contribution in [0.2, 0.25) is 5.02 Å². The van der Waals surface area contributed by atoms with Gasteiger partial charge in [-0.1, -0.05) is 18.2 Å². The summed E-state index contributed by atoms with van der Waals surface area (Å²) in [4.78, 5) is 39.9. The van der Waals surface area contributed by atoms with E-state index in [4.69, 9.17) is 17.3 Å². The van der Waals surface area contributed by atoms with Gasteiger partial charge in [-0.05, 0) is 31.8 Å². The molecule has 1 fully saturated rings. The molecular formula is C22H21ClN2O8. The van der Waals surface area contributed by atoms with E-state index < -0.39 is 75.5 Å². The van der Waals surface area contributed by atoms with Crippen LogP contribution in [0, 0.1) is 11.8 Å². The van der Waals surface area contributed by atoms with Gasteiger partial charge < -0.3 is 31.3 Å². The summed E-state index contributed by atoms with van der Waals surface area (Å²) in [6.45, 7) is 3.89. The molecule has 0 aromatic heterocycles. The van der Waals surface area contributed by atoms with Crippen molar-refractivity contribution in [3.05, 3.63) is 51.8 Å². The van der Waals surface area contributed by atoms with Gasteiger partial charge in [-0.2, -0.15) is 0 Å². The van der Waals surface area contributed by atoms with Crippen LogP contribution in [-0.2, 0) is 14.4 Å². The summed E-state index contributed by atoms with van der Waals surface area (Å²) in [5.41, 5.74) is 0.634. The Bertz CT molecular complexity index is 1230. The van der Waals surface area contributed by atoms with Gasteiger partial charge in [-0.25, -0.2) is 0 Å². The van der Waals surface area contributed by atoms with Crippen molar-refractivity contribution < 1.29 is 39.9 Å². The molecule has 1 aromatic rings. The Labute approximate surface area is 192 Å². The molecule has 4 rings (SSSR count). The Morgan fingerprint density at radius 2 is 1.79 bits per heavy atom. The van der Waals surface area contributed by atoms with Gasteiger partial charge in [0.2, 0.25) is 5.78 Å². The molecule has 11 heteroatoms. The number of phenolic OH excluding ortho intramolecular Hbond substituents is 1. The molecule has 33 heavy (non-hydrogen) atoms. The number of benzene rings is 1. The van der Waals surface area contributed by atoms with Gasteiger partial charge in [0.05, 0.1) is 29.2 Å². The maximum absolute atomic E-state index is 13.7. The van der Waals surface area contributed by atoms with Crippen LogP contribution in [0.4, 0.5) is 0 Å². The molecule has 0 spiro atoms. The zero-order valence-corrected chi connectivity index (χ0v) is 18.3. The van der Waals surface area contributed by atoms with Crippen molar-refractivity contribution in [1.29, 1.82) is 0 Å². The molecule has 0 saturated heterocycles. The van der Waals surface area contributed by atoms with Crippen molar-refractivity contribution in [2.75, 3.05) is 14.1 Å². The minimum absolute atomic E-state index is 0.0516. The van der Waals surface area contributed by atoms with Crippen LogP contribution in [0.3, 0.4) is 0 Å². The lowest BCUT2D eigenvalue weighted by atomic mass is 9.55. The minimum Gasteiger partial charge on any atom is -0.508 e. The number of likely N-dealkylation sites (N-methyl/N-ethyl adjacent to an activating group) is 1. The number of carbonyl (C=O) groups is 3. The quantitative estimate of drug-likeness (QED) is 0.321. The Kier molecular flexibility index (Phi) is 4.99. The predicted molar refractivity (Wildman–Crippen MR) is 116 cm³/mol. The Balaban J connectivity index is 2.10. The number of ketones is 2. The fourth-order valence-electron chi connectivity index (χ4n) is 5.26. The van der Waals surface area contributed by atoms with E-state index in [0.29, 0.717) is 0 Å². The normalized spacial score (nSPS) is 31.5. The Morgan fingerprint density at radius 3 is 2.33 bits per heavy atom. The molecule has 0 bridgehead atoms. The number of amides is 1. The molecule has 0 heterocycles. The second-order valence-electron chi connectivity index (χ2n) is 8.55. The standard InChI is InChI=1S/C22H21ClN2O8/c1-6-9-7(23)4-5-8(26)11(9)16(27)12-10(6)17(28)14-15(25(2)3)18(29)13(21(24)32)20(31)22(14,33)19(12)30/h4-5,10,14-15,17,26-28,31,33H,1H2,2-3H3,(H2,24,32)/t10?,14-,15+,17+,22-/m1/s1. The van der Waals surface area contributed by atoms with Crippen LogP contribution >= 0.6 is 11.6 Å². The summed E-state index contributed by atoms with van der Waals surface area (Å²) in [7, 11) is 2.84. The molecule has 1 saturated carbocycles. The number of hydrogen-bond acceptors (Lipinski definition) is 9. The van der Waals surface area contributed by atoms with Crippen LogP contribution < -0.4 is 5.73 Å². The van der Waals surface area contributed by atoms with Crippen LogP contribution in [-0.4, -0.2) is 79.7 Å². The third-order valence-corrected chi connectivity index (χ3v) is 6.99. The van der Waals surface area contributed by atoms with Gasteiger partial charge in [0.1, 0.15) is 22.8 Å². The zero-order valence-electron chi connectivity index (χ0n) is 17.5. The van der Waals surface area contributed by atoms with Crippen LogP contribution in [0.15, 0.2) is 35.6 Å². The van der Waals surface area contributed by atoms with Gasteiger partial charge in [0.15, 0.2) is 11.4 Å². The molecule has 3 aliphatic rings. The molecule has 1 amide bonds. The van der Waals surface area contributed by atoms with Crippen LogP contribution in [0.25, 0.3) is 11.3 Å². The fraction of sp³-hybridized carbons (Fsp3) is 0.318. The average Bonchev–Trinajstić information content (AvgIpc) is 2.72. The largest absolute Gasteiger partial charge is 0.508 e. The number of carbonyl (C=O) groups excluding carboxylic acids is 3. The van der Waals surface area contributed by atoms with Crippen molar-refractivity contribution in [2.45, 2.75) is 17.7 Å². The number of halogens is 1. The SMILES string of the molecule is C=C1c2c(Cl)ccc(O)c2C(O)=C2C(=O)[C@@]3(O)C(O)=C(C(N)=O)C(=O)[C@@H](N(C)C)[C@@H]3[C@@H](O)C12. The van der Waals surface area contributed by atoms with E-state index >= 15 is 0 Å². The number of Topliss-reactive ketones (excluding diaryl/α,β-unsaturated/α-hetero) is 2. The number of primary amides is 1. The van der Waals surface area contributed by atoms with E-state index in [1.165, 1.54) is 31.1 Å². The van der Waals surface area contributed by atoms with Crippen molar-refractivity contribution in [2.24, 2.45) is 17.6 Å². The van der Waals surface area contributed by atoms with Gasteiger partial charge in [-0.15, -0.1) is 0 Å². The number of rotatable bonds is 2. The van der Waals surface area contributed by atoms with Crippen molar-refractivity contribution in [1.82, 2.24) is 4.90 Å². The summed E-state index contributed by atoms with van der Waals surface area (Å²) >= 11 is 6.25. The van der Waals surface area contributed by atoms with E-state index in [-0.39, 0.29) is 21.7 Å². The molecule has 1 aromatic carbocycles. The van der Waals surface area contributed by atoms with E-state index in [2.05, 4.69) is 6.58 Å². The van der Waals surface area contributed by atoms with E-state index in [9.17, 15) is 39.9 Å². The summed E-state index contributed by atoms with van der Waals surface area (Å²) in [6, 6.07) is 1.08. The lowest BCUT2D eigenvalue weighted by molar-refractivity contribution is -0.166. The third kappa shape index (κ3) is 2.69. The first kappa shape index (κ1) is 23.0. The van der Waals surface area contributed by atoms with Gasteiger partial charge in [-0.3, -0.25) is 19.3 Å². The molecule has 10 nitrogen and oxygen atoms in total. The Morgan fingerprint density at radius 1 is 1.18 bits per heavy atom. The number of aromatic hydroxyl groups is 1. The van der Waals surface area contributed by atoms with Gasteiger partial charge >= 0.3 is 0 Å². The second kappa shape index (κ2) is 7.16. The average molecular weight is 477 g/mol. The number of aliphatic hydroxyl groups is 4. The summed E-state index contributed by atoms with van der Waals surface area (Å²) < 4.78 is 0. The monoisotopic (exact) mass is 476 g/mol. The molecule has 0 radical (unpaired) electrons. The summed E-state index contributed by atoms with van der Waals surface area (Å²) in [5, 5.41) is 55.0. The highest BCUT2D eigenvalue weighted by atomic mass is 35.5. The second-order valence-corrected chi connectivity index (χ2v) is 8.96. The summed E-state index contributed by atoms with van der Waals surface area (Å²) in [6.07, 6.45) is -1.75. The number of aliphatic hydroxyl groups excluding tert-OH is 3. The smallest absolute Gasteiger partial charge is 0.255 e. The number of hydrogen-bond donors (Lipinski definition) is 6. The molecule has 1 unspecified atom stereocenters. The van der Waals surface area contributed by atoms with Gasteiger partial charge in [0.25, 0.3) is 5.91 Å². The van der Waals surface area contributed by atoms with Crippen molar-refractivity contribution >= 4 is 40.4 Å². The number of fused-ring (bicyclic) bond motifs is 3. The molecule has 174 valence electrons. The van der Waals surface area contributed by atoms with Gasteiger partial charge in [0, 0.05) is 16.5 Å². The maximum Gasteiger partial charge on any atom is 0.255 e. The predicted octanol–water partition coefficient (Wildman–Crippen LogP) is 0.0589. The zero-order chi connectivity index (χ0) is 24.7. The highest BCUT2D eigenvalue weighted by molar-refractivity contribution is 6.33. The van der Waals surface area contributed by atoms with Crippen LogP contribution in [0.1, 0.15) is 11.1 Å². The first-order valence-electron chi connectivity index (χ1n) is 9.81. The van der Waals surface area contributed by atoms with Crippen molar-refractivity contribution in [3.63, 3.8) is 0 Å². The lowest BCUT2D eigenvalue weighted by Gasteiger charge is -2.52. The minimum atomic E-state index is -2.97. The highest BCUT2D eigenvalue weighted by Crippen LogP contribution is 2.56. The van der Waals surface area contributed by atoms with Crippen LogP contribution in [0.5, 0.6) is 5.75 Å². The Hall–Kier alpha value is -3.18. The highest BCUT2D eigenvalue weighted by Gasteiger charge is 2.68. The fourth-order valence-corrected chi connectivity index (χ4v) is 5.54. The summed E-state index contributed by atoms with van der Waals surface area (Å²) in [5.74, 6) is -9.18. The van der Waals surface area contributed by atoms with E-state index in [0.717, 1.165) is 0 Å². The molecule has 0 aliphatic heterocycles. The molecule has 3 aliphatic carbocycles. The lowest BCUT2D eigenvalue weighted by Crippen LogP contribution is -2.70.